The number of imide groups is 1. The molecule has 1 N–H and O–H groups in total. The lowest BCUT2D eigenvalue weighted by atomic mass is 10.1. The van der Waals surface area contributed by atoms with E-state index < -0.39 is 0 Å². The Kier molecular flexibility index (Phi) is 2.04. The van der Waals surface area contributed by atoms with E-state index in [1.54, 1.807) is 19.1 Å². The van der Waals surface area contributed by atoms with Crippen LogP contribution in [0.15, 0.2) is 30.4 Å². The van der Waals surface area contributed by atoms with Crippen LogP contribution in [0.1, 0.15) is 5.56 Å². The average Bonchev–Trinajstić information content (AvgIpc) is 2.52. The number of aromatic hydroxyl groups is 1. The summed E-state index contributed by atoms with van der Waals surface area (Å²) in [7, 11) is 0. The highest BCUT2D eigenvalue weighted by Crippen LogP contribution is 2.29. The molecule has 1 heterocycles. The number of rotatable bonds is 1. The molecule has 4 heteroatoms. The van der Waals surface area contributed by atoms with E-state index in [0.717, 1.165) is 4.90 Å². The van der Waals surface area contributed by atoms with Gasteiger partial charge in [0.25, 0.3) is 11.8 Å². The molecule has 4 nitrogen and oxygen atoms in total. The van der Waals surface area contributed by atoms with E-state index >= 15 is 0 Å². The summed E-state index contributed by atoms with van der Waals surface area (Å²) in [6, 6.07) is 4.73. The molecule has 2 rings (SSSR count). The van der Waals surface area contributed by atoms with Crippen molar-refractivity contribution < 1.29 is 14.7 Å². The van der Waals surface area contributed by atoms with E-state index in [-0.39, 0.29) is 17.6 Å². The smallest absolute Gasteiger partial charge is 0.258 e. The molecule has 1 aromatic carbocycles. The lowest BCUT2D eigenvalue weighted by Gasteiger charge is -2.16. The van der Waals surface area contributed by atoms with Gasteiger partial charge in [-0.1, -0.05) is 6.07 Å². The van der Waals surface area contributed by atoms with Crippen LogP contribution in [0.2, 0.25) is 0 Å². The predicted octanol–water partition coefficient (Wildman–Crippen LogP) is 1.13. The van der Waals surface area contributed by atoms with E-state index in [2.05, 4.69) is 0 Å². The Morgan fingerprint density at radius 1 is 1.13 bits per heavy atom. The molecule has 0 spiro atoms. The topological polar surface area (TPSA) is 57.6 Å². The molecule has 0 saturated carbocycles. The van der Waals surface area contributed by atoms with Crippen LogP contribution in [0, 0.1) is 6.92 Å². The highest BCUT2D eigenvalue weighted by atomic mass is 16.3. The minimum atomic E-state index is -0.381. The van der Waals surface area contributed by atoms with Gasteiger partial charge in [-0.15, -0.1) is 0 Å². The van der Waals surface area contributed by atoms with Gasteiger partial charge in [0.2, 0.25) is 0 Å². The Morgan fingerprint density at radius 3 is 2.33 bits per heavy atom. The number of anilines is 1. The number of benzene rings is 1. The first kappa shape index (κ1) is 9.45. The Bertz CT molecular complexity index is 459. The molecule has 1 aliphatic rings. The number of phenolic OH excluding ortho intramolecular Hbond substituents is 1. The molecule has 1 aliphatic heterocycles. The lowest BCUT2D eigenvalue weighted by Crippen LogP contribution is -2.30. The molecule has 0 fully saturated rings. The van der Waals surface area contributed by atoms with Crippen LogP contribution in [-0.2, 0) is 9.59 Å². The van der Waals surface area contributed by atoms with Crippen molar-refractivity contribution in [2.45, 2.75) is 6.92 Å². The number of hydrogen-bond donors (Lipinski definition) is 1. The monoisotopic (exact) mass is 203 g/mol. The maximum Gasteiger partial charge on any atom is 0.258 e. The zero-order valence-electron chi connectivity index (χ0n) is 8.10. The fourth-order valence-corrected chi connectivity index (χ4v) is 1.49. The Morgan fingerprint density at radius 2 is 1.73 bits per heavy atom. The van der Waals surface area contributed by atoms with Gasteiger partial charge in [0.05, 0.1) is 5.69 Å². The molecule has 0 saturated heterocycles. The Balaban J connectivity index is 2.51. The number of carbonyl (C=O) groups excluding carboxylic acids is 2. The first-order valence-corrected chi connectivity index (χ1v) is 4.46. The summed E-state index contributed by atoms with van der Waals surface area (Å²) in [6.45, 7) is 1.66. The third kappa shape index (κ3) is 1.40. The fourth-order valence-electron chi connectivity index (χ4n) is 1.49. The minimum absolute atomic E-state index is 0.0694. The molecule has 1 aromatic rings. The van der Waals surface area contributed by atoms with E-state index in [1.807, 2.05) is 0 Å². The molecule has 0 radical (unpaired) electrons. The first-order valence-electron chi connectivity index (χ1n) is 4.46. The Labute approximate surface area is 86.4 Å². The van der Waals surface area contributed by atoms with E-state index in [4.69, 9.17) is 0 Å². The maximum atomic E-state index is 11.4. The van der Waals surface area contributed by atoms with Crippen LogP contribution in [0.5, 0.6) is 5.75 Å². The number of hydrogen-bond acceptors (Lipinski definition) is 3. The number of phenols is 1. The average molecular weight is 203 g/mol. The van der Waals surface area contributed by atoms with Crippen molar-refractivity contribution in [3.8, 4) is 5.75 Å². The van der Waals surface area contributed by atoms with Crippen molar-refractivity contribution in [1.29, 1.82) is 0 Å². The van der Waals surface area contributed by atoms with E-state index in [9.17, 15) is 14.7 Å². The lowest BCUT2D eigenvalue weighted by molar-refractivity contribution is -0.119. The van der Waals surface area contributed by atoms with Gasteiger partial charge in [-0.05, 0) is 19.1 Å². The van der Waals surface area contributed by atoms with Gasteiger partial charge >= 0.3 is 0 Å². The SMILES string of the molecule is Cc1c(O)cccc1N1C(=O)C=CC1=O. The van der Waals surface area contributed by atoms with Crippen molar-refractivity contribution in [3.05, 3.63) is 35.9 Å². The summed E-state index contributed by atoms with van der Waals surface area (Å²) >= 11 is 0. The Hall–Kier alpha value is -2.10. The zero-order valence-corrected chi connectivity index (χ0v) is 8.10. The third-order valence-electron chi connectivity index (χ3n) is 2.33. The molecule has 0 aliphatic carbocycles. The molecule has 0 bridgehead atoms. The number of amides is 2. The second-order valence-electron chi connectivity index (χ2n) is 3.27. The standard InChI is InChI=1S/C11H9NO3/c1-7-8(3-2-4-9(7)13)12-10(14)5-6-11(12)15/h2-6,13H,1H3. The maximum absolute atomic E-state index is 11.4. The van der Waals surface area contributed by atoms with E-state index in [1.165, 1.54) is 18.2 Å². The van der Waals surface area contributed by atoms with Gasteiger partial charge in [-0.2, -0.15) is 0 Å². The van der Waals surface area contributed by atoms with Crippen LogP contribution < -0.4 is 4.90 Å². The van der Waals surface area contributed by atoms with Crippen LogP contribution >= 0.6 is 0 Å². The zero-order chi connectivity index (χ0) is 11.0. The highest BCUT2D eigenvalue weighted by molar-refractivity contribution is 6.28. The summed E-state index contributed by atoms with van der Waals surface area (Å²) in [4.78, 5) is 23.8. The third-order valence-corrected chi connectivity index (χ3v) is 2.33. The number of carbonyl (C=O) groups is 2. The van der Waals surface area contributed by atoms with Gasteiger partial charge in [-0.25, -0.2) is 4.90 Å². The number of nitrogens with zero attached hydrogens (tertiary/aromatic N) is 1. The van der Waals surface area contributed by atoms with Gasteiger partial charge in [0.15, 0.2) is 0 Å². The minimum Gasteiger partial charge on any atom is -0.508 e. The predicted molar refractivity (Wildman–Crippen MR) is 54.5 cm³/mol. The fraction of sp³-hybridized carbons (Fsp3) is 0.0909. The summed E-state index contributed by atoms with van der Waals surface area (Å²) in [6.07, 6.45) is 2.43. The van der Waals surface area contributed by atoms with Crippen LogP contribution in [0.4, 0.5) is 5.69 Å². The van der Waals surface area contributed by atoms with Gasteiger partial charge in [-0.3, -0.25) is 9.59 Å². The quantitative estimate of drug-likeness (QED) is 0.696. The van der Waals surface area contributed by atoms with Gasteiger partial charge in [0, 0.05) is 17.7 Å². The molecule has 2 amide bonds. The van der Waals surface area contributed by atoms with Crippen molar-refractivity contribution in [2.75, 3.05) is 4.90 Å². The molecular weight excluding hydrogens is 194 g/mol. The first-order chi connectivity index (χ1) is 7.11. The molecule has 15 heavy (non-hydrogen) atoms. The highest BCUT2D eigenvalue weighted by Gasteiger charge is 2.26. The molecule has 76 valence electrons. The largest absolute Gasteiger partial charge is 0.508 e. The molecular formula is C11H9NO3. The molecule has 0 aromatic heterocycles. The second kappa shape index (κ2) is 3.24. The van der Waals surface area contributed by atoms with Crippen molar-refractivity contribution >= 4 is 17.5 Å². The van der Waals surface area contributed by atoms with Crippen LogP contribution in [0.3, 0.4) is 0 Å². The van der Waals surface area contributed by atoms with Gasteiger partial charge < -0.3 is 5.11 Å². The molecule has 0 unspecified atom stereocenters. The van der Waals surface area contributed by atoms with Gasteiger partial charge in [0.1, 0.15) is 5.75 Å². The summed E-state index contributed by atoms with van der Waals surface area (Å²) in [5, 5.41) is 9.46. The van der Waals surface area contributed by atoms with Crippen molar-refractivity contribution in [3.63, 3.8) is 0 Å². The van der Waals surface area contributed by atoms with Crippen molar-refractivity contribution in [1.82, 2.24) is 0 Å². The normalized spacial score (nSPS) is 15.1. The summed E-state index contributed by atoms with van der Waals surface area (Å²) in [5.41, 5.74) is 0.943. The van der Waals surface area contributed by atoms with Crippen LogP contribution in [0.25, 0.3) is 0 Å². The second-order valence-corrected chi connectivity index (χ2v) is 3.27. The molecule has 0 atom stereocenters. The summed E-state index contributed by atoms with van der Waals surface area (Å²) in [5.74, 6) is -0.692. The van der Waals surface area contributed by atoms with Crippen LogP contribution in [-0.4, -0.2) is 16.9 Å². The van der Waals surface area contributed by atoms with E-state index in [0.29, 0.717) is 11.3 Å². The van der Waals surface area contributed by atoms with Crippen molar-refractivity contribution in [2.24, 2.45) is 0 Å². The summed E-state index contributed by atoms with van der Waals surface area (Å²) < 4.78 is 0.